The van der Waals surface area contributed by atoms with Crippen LogP contribution in [0.1, 0.15) is 160 Å². The van der Waals surface area contributed by atoms with Crippen molar-refractivity contribution in [2.45, 2.75) is 162 Å². The third kappa shape index (κ3) is 13.9. The molecule has 0 aliphatic heterocycles. The molecule has 6 heteroatoms. The van der Waals surface area contributed by atoms with Crippen molar-refractivity contribution < 1.29 is 27.0 Å². The first-order valence-electron chi connectivity index (χ1n) is 27.7. The summed E-state index contributed by atoms with van der Waals surface area (Å²) in [5.74, 6) is 2.99. The fourth-order valence-electron chi connectivity index (χ4n) is 12.2. The third-order valence-corrected chi connectivity index (χ3v) is 16.7. The van der Waals surface area contributed by atoms with E-state index in [1.54, 1.807) is 44.6 Å². The highest BCUT2D eigenvalue weighted by Gasteiger charge is 2.34. The number of rotatable bonds is 15. The standard InChI is InChI=1S/C24H23F.C20H23F3O2.C20H34/c1-2-17-5-11-21(12-6-17)23-14-13-22(16-24(23)25)20-9-7-19(8-10-20)15-18-3-4-18;1-2-3-10-24-15-9-8-14-11-16(25-12-13-6-4-5-7-13)19(22)20(23)17(14)18(15)21;1-2-5-16-8-10-18(11-9-16)20-14-12-19(13-15-20)17-6-3-4-7-17/h5-14,16,18H,2-4,15H2,1H3;8-9,11,13H,2-7,10,12H2,1H3;2,5,16-20H,3-4,6-15H2,1H3/b;;5-2+. The average molecular weight is 957 g/mol. The Balaban J connectivity index is 0.000000142. The first-order valence-corrected chi connectivity index (χ1v) is 27.7. The highest BCUT2D eigenvalue weighted by molar-refractivity contribution is 5.87. The Hall–Kier alpha value is -4.58. The van der Waals surface area contributed by atoms with Gasteiger partial charge in [0, 0.05) is 5.56 Å². The minimum Gasteiger partial charge on any atom is -0.490 e. The number of hydrogen-bond acceptors (Lipinski definition) is 2. The molecule has 0 amide bonds. The Morgan fingerprint density at radius 1 is 0.514 bits per heavy atom. The van der Waals surface area contributed by atoms with Crippen molar-refractivity contribution in [2.24, 2.45) is 41.4 Å². The summed E-state index contributed by atoms with van der Waals surface area (Å²) >= 11 is 0. The molecule has 0 saturated heterocycles. The molecule has 70 heavy (non-hydrogen) atoms. The lowest BCUT2D eigenvalue weighted by molar-refractivity contribution is 0.132. The van der Waals surface area contributed by atoms with Crippen molar-refractivity contribution in [3.63, 3.8) is 0 Å². The molecule has 5 saturated carbocycles. The molecular weight excluding hydrogens is 877 g/mol. The Morgan fingerprint density at radius 3 is 1.70 bits per heavy atom. The molecule has 0 unspecified atom stereocenters. The Labute approximate surface area is 418 Å². The van der Waals surface area contributed by atoms with Crippen LogP contribution in [-0.2, 0) is 12.8 Å². The van der Waals surface area contributed by atoms with Crippen LogP contribution in [0.3, 0.4) is 0 Å². The number of benzene rings is 5. The van der Waals surface area contributed by atoms with Crippen LogP contribution < -0.4 is 9.47 Å². The van der Waals surface area contributed by atoms with Gasteiger partial charge >= 0.3 is 0 Å². The summed E-state index contributed by atoms with van der Waals surface area (Å²) < 4.78 is 68.8. The van der Waals surface area contributed by atoms with Gasteiger partial charge in [0.1, 0.15) is 5.82 Å². The zero-order valence-corrected chi connectivity index (χ0v) is 42.6. The largest absolute Gasteiger partial charge is 0.490 e. The van der Waals surface area contributed by atoms with Gasteiger partial charge in [0.05, 0.1) is 18.6 Å². The minimum absolute atomic E-state index is 0.0566. The van der Waals surface area contributed by atoms with Crippen LogP contribution in [0.2, 0.25) is 0 Å². The van der Waals surface area contributed by atoms with Crippen LogP contribution in [0, 0.1) is 64.7 Å². The van der Waals surface area contributed by atoms with Crippen LogP contribution in [0.15, 0.2) is 97.1 Å². The van der Waals surface area contributed by atoms with E-state index in [4.69, 9.17) is 9.47 Å². The summed E-state index contributed by atoms with van der Waals surface area (Å²) in [6.07, 6.45) is 34.1. The molecule has 5 aliphatic carbocycles. The van der Waals surface area contributed by atoms with Crippen LogP contribution >= 0.6 is 0 Å². The molecule has 0 bridgehead atoms. The second-order valence-corrected chi connectivity index (χ2v) is 21.7. The quantitative estimate of drug-likeness (QED) is 0.0591. The van der Waals surface area contributed by atoms with Gasteiger partial charge in [-0.05, 0) is 196 Å². The zero-order chi connectivity index (χ0) is 48.8. The van der Waals surface area contributed by atoms with Gasteiger partial charge in [-0.3, -0.25) is 0 Å². The number of unbranched alkanes of at least 4 members (excludes halogenated alkanes) is 1. The molecule has 10 rings (SSSR count). The number of allylic oxidation sites excluding steroid dienone is 2. The molecule has 5 aromatic rings. The van der Waals surface area contributed by atoms with Gasteiger partial charge in [0.2, 0.25) is 5.82 Å². The van der Waals surface area contributed by atoms with Crippen molar-refractivity contribution in [3.8, 4) is 33.8 Å². The highest BCUT2D eigenvalue weighted by atomic mass is 19.2. The predicted octanol–water partition coefficient (Wildman–Crippen LogP) is 19.0. The van der Waals surface area contributed by atoms with Crippen LogP contribution in [0.5, 0.6) is 11.5 Å². The minimum atomic E-state index is -1.22. The lowest BCUT2D eigenvalue weighted by Crippen LogP contribution is -2.27. The second-order valence-electron chi connectivity index (χ2n) is 21.7. The van der Waals surface area contributed by atoms with Crippen molar-refractivity contribution >= 4 is 10.8 Å². The first-order chi connectivity index (χ1) is 34.2. The summed E-state index contributed by atoms with van der Waals surface area (Å²) in [5, 5.41) is -0.125. The van der Waals surface area contributed by atoms with Gasteiger partial charge in [-0.15, -0.1) is 0 Å². The van der Waals surface area contributed by atoms with Crippen LogP contribution in [-0.4, -0.2) is 13.2 Å². The van der Waals surface area contributed by atoms with E-state index in [2.05, 4.69) is 62.4 Å². The SMILES string of the molecule is C/C=C/C1CCC(C2CCC(C3CCCC3)CC2)CC1.CCCCOc1ccc2cc(OCC3CCCC3)c(F)c(F)c2c1F.CCc1ccc(-c2ccc(-c3ccc(CC4CC4)cc3)cc2F)cc1. The van der Waals surface area contributed by atoms with Gasteiger partial charge in [0.25, 0.3) is 0 Å². The predicted molar refractivity (Wildman–Crippen MR) is 282 cm³/mol. The van der Waals surface area contributed by atoms with E-state index < -0.39 is 17.5 Å². The topological polar surface area (TPSA) is 18.5 Å². The fourth-order valence-corrected chi connectivity index (χ4v) is 12.2. The zero-order valence-electron chi connectivity index (χ0n) is 42.6. The first kappa shape index (κ1) is 51.8. The molecule has 0 N–H and O–H groups in total. The van der Waals surface area contributed by atoms with Gasteiger partial charge in [-0.1, -0.05) is 138 Å². The number of hydrogen-bond donors (Lipinski definition) is 0. The fraction of sp³-hybridized carbons (Fsp3) is 0.531. The summed E-state index contributed by atoms with van der Waals surface area (Å²) in [6.45, 7) is 6.99. The number of aryl methyl sites for hydroxylation is 1. The van der Waals surface area contributed by atoms with E-state index in [0.29, 0.717) is 24.7 Å². The highest BCUT2D eigenvalue weighted by Crippen LogP contribution is 2.46. The summed E-state index contributed by atoms with van der Waals surface area (Å²) in [4.78, 5) is 0. The van der Waals surface area contributed by atoms with Crippen molar-refractivity contribution in [1.29, 1.82) is 0 Å². The monoisotopic (exact) mass is 957 g/mol. The van der Waals surface area contributed by atoms with Gasteiger partial charge < -0.3 is 9.47 Å². The van der Waals surface area contributed by atoms with Crippen LogP contribution in [0.4, 0.5) is 17.6 Å². The van der Waals surface area contributed by atoms with E-state index in [9.17, 15) is 17.6 Å². The summed E-state index contributed by atoms with van der Waals surface area (Å²) in [5.41, 5.74) is 6.26. The van der Waals surface area contributed by atoms with Gasteiger partial charge in [0.15, 0.2) is 23.1 Å². The van der Waals surface area contributed by atoms with E-state index >= 15 is 0 Å². The molecule has 5 aromatic carbocycles. The molecule has 0 heterocycles. The lowest BCUT2D eigenvalue weighted by atomic mass is 9.67. The number of halogens is 4. The van der Waals surface area contributed by atoms with Crippen molar-refractivity contribution in [1.82, 2.24) is 0 Å². The molecule has 0 atom stereocenters. The number of ether oxygens (including phenoxy) is 2. The maximum atomic E-state index is 14.7. The summed E-state index contributed by atoms with van der Waals surface area (Å²) in [6, 6.07) is 26.6. The normalized spacial score (nSPS) is 21.9. The smallest absolute Gasteiger partial charge is 0.201 e. The second kappa shape index (κ2) is 25.7. The Kier molecular flexibility index (Phi) is 19.0. The van der Waals surface area contributed by atoms with Gasteiger partial charge in [-0.25, -0.2) is 13.2 Å². The third-order valence-electron chi connectivity index (χ3n) is 16.7. The van der Waals surface area contributed by atoms with E-state index in [-0.39, 0.29) is 28.1 Å². The Bertz CT molecular complexity index is 2410. The van der Waals surface area contributed by atoms with E-state index in [1.165, 1.54) is 87.1 Å². The molecule has 376 valence electrons. The van der Waals surface area contributed by atoms with Crippen molar-refractivity contribution in [3.05, 3.63) is 131 Å². The lowest BCUT2D eigenvalue weighted by Gasteiger charge is -2.39. The summed E-state index contributed by atoms with van der Waals surface area (Å²) in [7, 11) is 0. The number of fused-ring (bicyclic) bond motifs is 1. The molecule has 0 radical (unpaired) electrons. The molecule has 0 aromatic heterocycles. The average Bonchev–Trinajstić information content (AvgIpc) is 3.75. The molecule has 5 aliphatic rings. The maximum Gasteiger partial charge on any atom is 0.201 e. The van der Waals surface area contributed by atoms with Crippen LogP contribution in [0.25, 0.3) is 33.0 Å². The van der Waals surface area contributed by atoms with Gasteiger partial charge in [-0.2, -0.15) is 4.39 Å². The maximum absolute atomic E-state index is 14.7. The Morgan fingerprint density at radius 2 is 1.10 bits per heavy atom. The molecule has 2 nitrogen and oxygen atoms in total. The molecule has 5 fully saturated rings. The van der Waals surface area contributed by atoms with Crippen molar-refractivity contribution in [2.75, 3.05) is 13.2 Å². The molecule has 0 spiro atoms. The molecular formula is C64H80F4O2. The van der Waals surface area contributed by atoms with E-state index in [0.717, 1.165) is 97.1 Å². The van der Waals surface area contributed by atoms with E-state index in [1.807, 2.05) is 31.2 Å².